The second kappa shape index (κ2) is 7.21. The molecule has 17 heavy (non-hydrogen) atoms. The van der Waals surface area contributed by atoms with Crippen molar-refractivity contribution in [2.24, 2.45) is 0 Å². The molecule has 0 saturated carbocycles. The fraction of sp³-hybridized carbons (Fsp3) is 0.727. The SMILES string of the molecule is CCCN(CC(=O)OCC)c1nc(CC)ns1. The molecular weight excluding hydrogens is 238 g/mol. The van der Waals surface area contributed by atoms with E-state index in [1.807, 2.05) is 18.7 Å². The molecule has 0 amide bonds. The Balaban J connectivity index is 2.67. The van der Waals surface area contributed by atoms with Crippen LogP contribution in [0.2, 0.25) is 0 Å². The maximum absolute atomic E-state index is 11.5. The second-order valence-corrected chi connectivity index (χ2v) is 4.30. The highest BCUT2D eigenvalue weighted by atomic mass is 32.1. The largest absolute Gasteiger partial charge is 0.465 e. The highest BCUT2D eigenvalue weighted by molar-refractivity contribution is 7.09. The van der Waals surface area contributed by atoms with E-state index < -0.39 is 0 Å². The molecule has 0 N–H and O–H groups in total. The van der Waals surface area contributed by atoms with Crippen LogP contribution in [-0.4, -0.2) is 35.0 Å². The van der Waals surface area contributed by atoms with E-state index in [2.05, 4.69) is 16.3 Å². The lowest BCUT2D eigenvalue weighted by Gasteiger charge is -2.19. The van der Waals surface area contributed by atoms with Crippen LogP contribution in [0.4, 0.5) is 5.13 Å². The Labute approximate surface area is 106 Å². The molecule has 0 aliphatic carbocycles. The minimum atomic E-state index is -0.214. The zero-order chi connectivity index (χ0) is 12.7. The normalized spacial score (nSPS) is 10.3. The Morgan fingerprint density at radius 3 is 2.71 bits per heavy atom. The summed E-state index contributed by atoms with van der Waals surface area (Å²) in [4.78, 5) is 17.8. The molecule has 1 aromatic rings. The average molecular weight is 257 g/mol. The number of nitrogens with zero attached hydrogens (tertiary/aromatic N) is 3. The maximum atomic E-state index is 11.5. The van der Waals surface area contributed by atoms with E-state index in [-0.39, 0.29) is 12.5 Å². The van der Waals surface area contributed by atoms with Gasteiger partial charge >= 0.3 is 5.97 Å². The average Bonchev–Trinajstić information content (AvgIpc) is 2.77. The van der Waals surface area contributed by atoms with E-state index in [0.717, 1.165) is 30.3 Å². The molecule has 96 valence electrons. The summed E-state index contributed by atoms with van der Waals surface area (Å²) in [5.41, 5.74) is 0. The number of rotatable bonds is 7. The molecule has 6 heteroatoms. The van der Waals surface area contributed by atoms with Crippen LogP contribution in [0.5, 0.6) is 0 Å². The summed E-state index contributed by atoms with van der Waals surface area (Å²) in [5.74, 6) is 0.615. The fourth-order valence-corrected chi connectivity index (χ4v) is 2.17. The van der Waals surface area contributed by atoms with Crippen molar-refractivity contribution in [3.8, 4) is 0 Å². The van der Waals surface area contributed by atoms with Crippen molar-refractivity contribution in [2.75, 3.05) is 24.6 Å². The molecule has 1 rings (SSSR count). The molecule has 0 saturated heterocycles. The van der Waals surface area contributed by atoms with Gasteiger partial charge in [0.25, 0.3) is 0 Å². The summed E-state index contributed by atoms with van der Waals surface area (Å²) in [7, 11) is 0. The summed E-state index contributed by atoms with van der Waals surface area (Å²) < 4.78 is 9.18. The highest BCUT2D eigenvalue weighted by Crippen LogP contribution is 2.17. The van der Waals surface area contributed by atoms with Gasteiger partial charge in [-0.15, -0.1) is 0 Å². The molecule has 0 unspecified atom stereocenters. The van der Waals surface area contributed by atoms with Gasteiger partial charge in [0.15, 0.2) is 0 Å². The van der Waals surface area contributed by atoms with Crippen LogP contribution in [0.15, 0.2) is 0 Å². The van der Waals surface area contributed by atoms with Crippen LogP contribution in [0.1, 0.15) is 33.0 Å². The minimum absolute atomic E-state index is 0.214. The Morgan fingerprint density at radius 1 is 1.41 bits per heavy atom. The lowest BCUT2D eigenvalue weighted by Crippen LogP contribution is -2.31. The molecule has 1 heterocycles. The Hall–Kier alpha value is -1.17. The van der Waals surface area contributed by atoms with Crippen LogP contribution in [-0.2, 0) is 16.0 Å². The van der Waals surface area contributed by atoms with E-state index in [0.29, 0.717) is 6.61 Å². The quantitative estimate of drug-likeness (QED) is 0.698. The predicted molar refractivity (Wildman–Crippen MR) is 68.4 cm³/mol. The topological polar surface area (TPSA) is 55.3 Å². The van der Waals surface area contributed by atoms with Gasteiger partial charge in [0.1, 0.15) is 12.4 Å². The smallest absolute Gasteiger partial charge is 0.325 e. The Morgan fingerprint density at radius 2 is 2.18 bits per heavy atom. The number of carbonyl (C=O) groups excluding carboxylic acids is 1. The van der Waals surface area contributed by atoms with Crippen LogP contribution in [0, 0.1) is 0 Å². The van der Waals surface area contributed by atoms with E-state index in [9.17, 15) is 4.79 Å². The van der Waals surface area contributed by atoms with Gasteiger partial charge in [-0.3, -0.25) is 4.79 Å². The van der Waals surface area contributed by atoms with Crippen molar-refractivity contribution in [2.45, 2.75) is 33.6 Å². The number of ether oxygens (including phenoxy) is 1. The molecule has 0 aromatic carbocycles. The zero-order valence-corrected chi connectivity index (χ0v) is 11.4. The van der Waals surface area contributed by atoms with Gasteiger partial charge in [0.05, 0.1) is 6.61 Å². The first kappa shape index (κ1) is 13.9. The first-order valence-corrected chi connectivity index (χ1v) is 6.71. The molecule has 0 bridgehead atoms. The van der Waals surface area contributed by atoms with Crippen LogP contribution >= 0.6 is 11.5 Å². The van der Waals surface area contributed by atoms with Crippen LogP contribution in [0.3, 0.4) is 0 Å². The van der Waals surface area contributed by atoms with Gasteiger partial charge in [-0.25, -0.2) is 4.98 Å². The van der Waals surface area contributed by atoms with Gasteiger partial charge in [0.2, 0.25) is 5.13 Å². The van der Waals surface area contributed by atoms with Crippen molar-refractivity contribution in [3.05, 3.63) is 5.82 Å². The molecular formula is C11H19N3O2S. The van der Waals surface area contributed by atoms with Gasteiger partial charge in [-0.2, -0.15) is 4.37 Å². The Kier molecular flexibility index (Phi) is 5.90. The molecule has 1 aromatic heterocycles. The summed E-state index contributed by atoms with van der Waals surface area (Å²) in [6.45, 7) is 7.34. The second-order valence-electron chi connectivity index (χ2n) is 3.57. The van der Waals surface area contributed by atoms with Gasteiger partial charge < -0.3 is 9.64 Å². The molecule has 0 spiro atoms. The number of esters is 1. The number of aromatic nitrogens is 2. The molecule has 0 atom stereocenters. The number of hydrogen-bond donors (Lipinski definition) is 0. The summed E-state index contributed by atoms with van der Waals surface area (Å²) in [6, 6.07) is 0. The molecule has 0 fully saturated rings. The molecule has 0 radical (unpaired) electrons. The summed E-state index contributed by atoms with van der Waals surface area (Å²) in [6.07, 6.45) is 1.77. The first-order chi connectivity index (χ1) is 8.21. The van der Waals surface area contributed by atoms with E-state index >= 15 is 0 Å². The zero-order valence-electron chi connectivity index (χ0n) is 10.6. The van der Waals surface area contributed by atoms with E-state index in [1.165, 1.54) is 11.5 Å². The lowest BCUT2D eigenvalue weighted by molar-refractivity contribution is -0.141. The van der Waals surface area contributed by atoms with Gasteiger partial charge in [0, 0.05) is 24.5 Å². The van der Waals surface area contributed by atoms with Crippen molar-refractivity contribution in [3.63, 3.8) is 0 Å². The number of carbonyl (C=O) groups is 1. The highest BCUT2D eigenvalue weighted by Gasteiger charge is 2.15. The molecule has 5 nitrogen and oxygen atoms in total. The predicted octanol–water partition coefficient (Wildman–Crippen LogP) is 1.88. The first-order valence-electron chi connectivity index (χ1n) is 5.94. The Bertz CT molecular complexity index is 354. The lowest BCUT2D eigenvalue weighted by atomic mass is 10.4. The third-order valence-electron chi connectivity index (χ3n) is 2.16. The number of anilines is 1. The number of aryl methyl sites for hydroxylation is 1. The summed E-state index contributed by atoms with van der Waals surface area (Å²) >= 11 is 1.34. The molecule has 0 aliphatic heterocycles. The van der Waals surface area contributed by atoms with E-state index in [1.54, 1.807) is 0 Å². The maximum Gasteiger partial charge on any atom is 0.325 e. The third-order valence-corrected chi connectivity index (χ3v) is 2.98. The molecule has 0 aliphatic rings. The van der Waals surface area contributed by atoms with E-state index in [4.69, 9.17) is 4.74 Å². The minimum Gasteiger partial charge on any atom is -0.465 e. The standard InChI is InChI=1S/C11H19N3O2S/c1-4-7-14(8-10(15)16-6-3)11-12-9(5-2)13-17-11/h4-8H2,1-3H3. The monoisotopic (exact) mass is 257 g/mol. The van der Waals surface area contributed by atoms with Crippen molar-refractivity contribution >= 4 is 22.6 Å². The third kappa shape index (κ3) is 4.30. The van der Waals surface area contributed by atoms with Crippen molar-refractivity contribution in [1.29, 1.82) is 0 Å². The summed E-state index contributed by atoms with van der Waals surface area (Å²) in [5, 5.41) is 0.803. The van der Waals surface area contributed by atoms with Gasteiger partial charge in [-0.05, 0) is 13.3 Å². The van der Waals surface area contributed by atoms with Crippen LogP contribution < -0.4 is 4.90 Å². The van der Waals surface area contributed by atoms with Crippen molar-refractivity contribution < 1.29 is 9.53 Å². The van der Waals surface area contributed by atoms with Gasteiger partial charge in [-0.1, -0.05) is 13.8 Å². The number of hydrogen-bond acceptors (Lipinski definition) is 6. The van der Waals surface area contributed by atoms with Crippen LogP contribution in [0.25, 0.3) is 0 Å². The van der Waals surface area contributed by atoms with Crippen molar-refractivity contribution in [1.82, 2.24) is 9.36 Å². The fourth-order valence-electron chi connectivity index (χ4n) is 1.39.